The summed E-state index contributed by atoms with van der Waals surface area (Å²) in [4.78, 5) is 28.4. The van der Waals surface area contributed by atoms with Gasteiger partial charge in [-0.25, -0.2) is 0 Å². The summed E-state index contributed by atoms with van der Waals surface area (Å²) in [6, 6.07) is 14.8. The number of nitrogens with one attached hydrogen (secondary N) is 1. The number of aromatic hydroxyl groups is 1. The number of phenolic OH excluding ortho intramolecular Hbond substituents is 1. The van der Waals surface area contributed by atoms with Crippen LogP contribution in [0.25, 0.3) is 0 Å². The lowest BCUT2D eigenvalue weighted by molar-refractivity contribution is -0.132. The Hall–Kier alpha value is -3.02. The monoisotopic (exact) mass is 381 g/mol. The number of para-hydroxylation sites is 2. The second kappa shape index (κ2) is 8.78. The van der Waals surface area contributed by atoms with E-state index in [9.17, 15) is 14.7 Å². The van der Waals surface area contributed by atoms with Crippen LogP contribution in [0.1, 0.15) is 30.5 Å². The highest BCUT2D eigenvalue weighted by Crippen LogP contribution is 2.27. The van der Waals surface area contributed by atoms with Crippen LogP contribution in [0.3, 0.4) is 0 Å². The molecule has 1 fully saturated rings. The van der Waals surface area contributed by atoms with E-state index in [1.807, 2.05) is 48.2 Å². The predicted octanol–water partition coefficient (Wildman–Crippen LogP) is 2.62. The topological polar surface area (TPSA) is 72.9 Å². The molecule has 28 heavy (non-hydrogen) atoms. The van der Waals surface area contributed by atoms with Gasteiger partial charge in [0.1, 0.15) is 5.75 Å². The van der Waals surface area contributed by atoms with Gasteiger partial charge < -0.3 is 20.2 Å². The average molecular weight is 381 g/mol. The zero-order chi connectivity index (χ0) is 20.1. The standard InChI is InChI=1S/C22H27N3O3/c1-16-7-9-18(10-8-16)19(23-17(2)26)15-22(28)25-13-11-24(12-14-25)20-5-3-4-6-21(20)27/h3-10,19,27H,11-15H2,1-2H3,(H,23,26). The second-order valence-electron chi connectivity index (χ2n) is 7.22. The number of carbonyl (C=O) groups is 2. The lowest BCUT2D eigenvalue weighted by Crippen LogP contribution is -2.49. The van der Waals surface area contributed by atoms with Crippen molar-refractivity contribution in [2.75, 3.05) is 31.1 Å². The molecule has 1 heterocycles. The summed E-state index contributed by atoms with van der Waals surface area (Å²) < 4.78 is 0. The summed E-state index contributed by atoms with van der Waals surface area (Å²) in [7, 11) is 0. The summed E-state index contributed by atoms with van der Waals surface area (Å²) in [6.45, 7) is 5.99. The van der Waals surface area contributed by atoms with Crippen LogP contribution in [-0.2, 0) is 9.59 Å². The number of anilines is 1. The van der Waals surface area contributed by atoms with Crippen molar-refractivity contribution in [3.05, 3.63) is 59.7 Å². The summed E-state index contributed by atoms with van der Waals surface area (Å²) in [5.74, 6) is 0.131. The third kappa shape index (κ3) is 4.82. The number of aryl methyl sites for hydroxylation is 1. The Labute approximate surface area is 165 Å². The molecule has 2 N–H and O–H groups in total. The Bertz CT molecular complexity index is 827. The van der Waals surface area contributed by atoms with Crippen molar-refractivity contribution in [2.45, 2.75) is 26.3 Å². The van der Waals surface area contributed by atoms with Gasteiger partial charge in [-0.2, -0.15) is 0 Å². The summed E-state index contributed by atoms with van der Waals surface area (Å²) in [6.07, 6.45) is 0.235. The maximum Gasteiger partial charge on any atom is 0.225 e. The Morgan fingerprint density at radius 1 is 1.04 bits per heavy atom. The minimum Gasteiger partial charge on any atom is -0.506 e. The van der Waals surface area contributed by atoms with Gasteiger partial charge in [-0.15, -0.1) is 0 Å². The molecular formula is C22H27N3O3. The van der Waals surface area contributed by atoms with Gasteiger partial charge >= 0.3 is 0 Å². The molecule has 0 bridgehead atoms. The molecule has 1 saturated heterocycles. The zero-order valence-corrected chi connectivity index (χ0v) is 16.4. The van der Waals surface area contributed by atoms with E-state index in [-0.39, 0.29) is 30.0 Å². The molecule has 1 aliphatic heterocycles. The number of phenols is 1. The number of nitrogens with zero attached hydrogens (tertiary/aromatic N) is 2. The number of carbonyl (C=O) groups excluding carboxylic acids is 2. The number of amides is 2. The summed E-state index contributed by atoms with van der Waals surface area (Å²) >= 11 is 0. The molecular weight excluding hydrogens is 354 g/mol. The highest BCUT2D eigenvalue weighted by Gasteiger charge is 2.25. The number of rotatable bonds is 5. The highest BCUT2D eigenvalue weighted by atomic mass is 16.3. The number of piperazine rings is 1. The Morgan fingerprint density at radius 3 is 2.29 bits per heavy atom. The molecule has 2 amide bonds. The predicted molar refractivity (Wildman–Crippen MR) is 109 cm³/mol. The van der Waals surface area contributed by atoms with Crippen molar-refractivity contribution in [1.82, 2.24) is 10.2 Å². The number of hydrogen-bond acceptors (Lipinski definition) is 4. The van der Waals surface area contributed by atoms with Crippen molar-refractivity contribution in [3.8, 4) is 5.75 Å². The first-order chi connectivity index (χ1) is 13.4. The van der Waals surface area contributed by atoms with Crippen molar-refractivity contribution >= 4 is 17.5 Å². The fraction of sp³-hybridized carbons (Fsp3) is 0.364. The minimum absolute atomic E-state index is 0.0243. The molecule has 2 aromatic rings. The molecule has 1 atom stereocenters. The minimum atomic E-state index is -0.332. The molecule has 0 saturated carbocycles. The molecule has 6 nitrogen and oxygen atoms in total. The lowest BCUT2D eigenvalue weighted by atomic mass is 10.0. The molecule has 148 valence electrons. The molecule has 0 spiro atoms. The van der Waals surface area contributed by atoms with Crippen LogP contribution < -0.4 is 10.2 Å². The quantitative estimate of drug-likeness (QED) is 0.835. The third-order valence-electron chi connectivity index (χ3n) is 5.09. The van der Waals surface area contributed by atoms with Crippen LogP contribution in [0, 0.1) is 6.92 Å². The van der Waals surface area contributed by atoms with Gasteiger partial charge in [0.15, 0.2) is 0 Å². The highest BCUT2D eigenvalue weighted by molar-refractivity contribution is 5.79. The first-order valence-corrected chi connectivity index (χ1v) is 9.58. The molecule has 2 aromatic carbocycles. The van der Waals surface area contributed by atoms with E-state index in [0.29, 0.717) is 26.2 Å². The second-order valence-corrected chi connectivity index (χ2v) is 7.22. The Morgan fingerprint density at radius 2 is 1.68 bits per heavy atom. The van der Waals surface area contributed by atoms with Crippen molar-refractivity contribution in [2.24, 2.45) is 0 Å². The fourth-order valence-electron chi connectivity index (χ4n) is 3.53. The van der Waals surface area contributed by atoms with Crippen molar-refractivity contribution < 1.29 is 14.7 Å². The average Bonchev–Trinajstić information content (AvgIpc) is 2.68. The molecule has 3 rings (SSSR count). The van der Waals surface area contributed by atoms with E-state index < -0.39 is 0 Å². The van der Waals surface area contributed by atoms with Crippen molar-refractivity contribution in [1.29, 1.82) is 0 Å². The van der Waals surface area contributed by atoms with Gasteiger partial charge in [-0.1, -0.05) is 42.0 Å². The maximum absolute atomic E-state index is 12.8. The summed E-state index contributed by atoms with van der Waals surface area (Å²) in [5.41, 5.74) is 2.87. The van der Waals surface area contributed by atoms with E-state index >= 15 is 0 Å². The van der Waals surface area contributed by atoms with Crippen LogP contribution >= 0.6 is 0 Å². The third-order valence-corrected chi connectivity index (χ3v) is 5.09. The van der Waals surface area contributed by atoms with Crippen LogP contribution in [0.15, 0.2) is 48.5 Å². The van der Waals surface area contributed by atoms with Crippen LogP contribution in [0.5, 0.6) is 5.75 Å². The zero-order valence-electron chi connectivity index (χ0n) is 16.4. The van der Waals surface area contributed by atoms with Crippen molar-refractivity contribution in [3.63, 3.8) is 0 Å². The van der Waals surface area contributed by atoms with Gasteiger partial charge in [0, 0.05) is 33.1 Å². The molecule has 0 aliphatic carbocycles. The van der Waals surface area contributed by atoms with E-state index in [1.165, 1.54) is 6.92 Å². The van der Waals surface area contributed by atoms with E-state index in [4.69, 9.17) is 0 Å². The van der Waals surface area contributed by atoms with Crippen LogP contribution in [-0.4, -0.2) is 48.0 Å². The Kier molecular flexibility index (Phi) is 6.19. The van der Waals surface area contributed by atoms with E-state index in [2.05, 4.69) is 10.2 Å². The largest absolute Gasteiger partial charge is 0.506 e. The van der Waals surface area contributed by atoms with Gasteiger partial charge in [-0.05, 0) is 24.6 Å². The normalized spacial score (nSPS) is 15.2. The molecule has 0 radical (unpaired) electrons. The van der Waals surface area contributed by atoms with Gasteiger partial charge in [0.05, 0.1) is 18.2 Å². The van der Waals surface area contributed by atoms with Crippen LogP contribution in [0.4, 0.5) is 5.69 Å². The molecule has 1 unspecified atom stereocenters. The smallest absolute Gasteiger partial charge is 0.225 e. The number of benzene rings is 2. The Balaban J connectivity index is 1.62. The van der Waals surface area contributed by atoms with E-state index in [0.717, 1.165) is 16.8 Å². The first kappa shape index (κ1) is 19.7. The maximum atomic E-state index is 12.8. The SMILES string of the molecule is CC(=O)NC(CC(=O)N1CCN(c2ccccc2O)CC1)c1ccc(C)cc1. The van der Waals surface area contributed by atoms with Crippen LogP contribution in [0.2, 0.25) is 0 Å². The first-order valence-electron chi connectivity index (χ1n) is 9.58. The van der Waals surface area contributed by atoms with Gasteiger partial charge in [-0.3, -0.25) is 9.59 Å². The summed E-state index contributed by atoms with van der Waals surface area (Å²) in [5, 5.41) is 12.9. The van der Waals surface area contributed by atoms with Gasteiger partial charge in [0.2, 0.25) is 11.8 Å². The molecule has 0 aromatic heterocycles. The number of hydrogen-bond donors (Lipinski definition) is 2. The van der Waals surface area contributed by atoms with E-state index in [1.54, 1.807) is 12.1 Å². The fourth-order valence-corrected chi connectivity index (χ4v) is 3.53. The molecule has 1 aliphatic rings. The van der Waals surface area contributed by atoms with Gasteiger partial charge in [0.25, 0.3) is 0 Å². The lowest BCUT2D eigenvalue weighted by Gasteiger charge is -2.37. The molecule has 6 heteroatoms.